The van der Waals surface area contributed by atoms with Gasteiger partial charge in [-0.25, -0.2) is 9.37 Å². The Hall–Kier alpha value is -1.22. The van der Waals surface area contributed by atoms with E-state index in [1.165, 1.54) is 28.7 Å². The van der Waals surface area contributed by atoms with Gasteiger partial charge in [-0.2, -0.15) is 0 Å². The number of hydrogen-bond donors (Lipinski definition) is 2. The molecule has 3 aromatic rings. The van der Waals surface area contributed by atoms with Crippen LogP contribution in [0.4, 0.5) is 15.2 Å². The summed E-state index contributed by atoms with van der Waals surface area (Å²) in [7, 11) is 0. The van der Waals surface area contributed by atoms with E-state index < -0.39 is 0 Å². The van der Waals surface area contributed by atoms with Crippen molar-refractivity contribution < 1.29 is 9.18 Å². The SMILES string of the molecule is Br.Cc1sc(C(=O)S)cc1-c1csc(Nc2ccccc2F)n1. The quantitative estimate of drug-likeness (QED) is 0.520. The number of nitrogens with zero attached hydrogens (tertiary/aromatic N) is 1. The number of aromatic nitrogens is 1. The van der Waals surface area contributed by atoms with Crippen molar-refractivity contribution in [2.24, 2.45) is 0 Å². The van der Waals surface area contributed by atoms with Crippen LogP contribution < -0.4 is 5.32 Å². The number of anilines is 2. The minimum Gasteiger partial charge on any atom is -0.329 e. The molecule has 0 aliphatic heterocycles. The first-order chi connectivity index (χ1) is 10.5. The highest BCUT2D eigenvalue weighted by molar-refractivity contribution is 8.93. The first-order valence-electron chi connectivity index (χ1n) is 6.36. The standard InChI is InChI=1S/C15H11FN2OS3.BrH/c1-8-9(6-13(22-8)14(19)20)12-7-21-15(18-12)17-11-5-3-2-4-10(11)16;/h2-7H,1H3,(H,17,18)(H,19,20);1H. The molecule has 0 aliphatic rings. The molecular formula is C15H12BrFN2OS3. The number of halogens is 2. The summed E-state index contributed by atoms with van der Waals surface area (Å²) < 4.78 is 13.6. The van der Waals surface area contributed by atoms with Gasteiger partial charge in [-0.3, -0.25) is 4.79 Å². The van der Waals surface area contributed by atoms with Gasteiger partial charge < -0.3 is 5.32 Å². The Bertz CT molecular complexity index is 847. The molecule has 3 rings (SSSR count). The maximum atomic E-state index is 13.6. The lowest BCUT2D eigenvalue weighted by Gasteiger charge is -2.02. The minimum atomic E-state index is -0.325. The molecular weight excluding hydrogens is 419 g/mol. The van der Waals surface area contributed by atoms with Gasteiger partial charge in [-0.05, 0) is 25.1 Å². The molecule has 0 atom stereocenters. The van der Waals surface area contributed by atoms with E-state index in [0.29, 0.717) is 15.7 Å². The lowest BCUT2D eigenvalue weighted by atomic mass is 10.2. The molecule has 0 unspecified atom stereocenters. The van der Waals surface area contributed by atoms with Crippen LogP contribution in [0, 0.1) is 12.7 Å². The van der Waals surface area contributed by atoms with Crippen LogP contribution in [0.15, 0.2) is 35.7 Å². The number of para-hydroxylation sites is 1. The molecule has 3 nitrogen and oxygen atoms in total. The monoisotopic (exact) mass is 430 g/mol. The Morgan fingerprint density at radius 2 is 2.09 bits per heavy atom. The summed E-state index contributed by atoms with van der Waals surface area (Å²) in [6, 6.07) is 8.23. The predicted octanol–water partition coefficient (Wildman–Crippen LogP) is 5.71. The zero-order valence-corrected chi connectivity index (χ0v) is 16.1. The Balaban J connectivity index is 0.00000192. The minimum absolute atomic E-state index is 0. The second kappa shape index (κ2) is 7.57. The predicted molar refractivity (Wildman–Crippen MR) is 103 cm³/mol. The largest absolute Gasteiger partial charge is 0.329 e. The second-order valence-electron chi connectivity index (χ2n) is 4.53. The Morgan fingerprint density at radius 3 is 2.74 bits per heavy atom. The van der Waals surface area contributed by atoms with E-state index >= 15 is 0 Å². The summed E-state index contributed by atoms with van der Waals surface area (Å²) in [5.74, 6) is -0.325. The van der Waals surface area contributed by atoms with Gasteiger partial charge in [0, 0.05) is 15.8 Å². The second-order valence-corrected chi connectivity index (χ2v) is 7.05. The van der Waals surface area contributed by atoms with Crippen molar-refractivity contribution in [1.29, 1.82) is 0 Å². The zero-order chi connectivity index (χ0) is 15.7. The van der Waals surface area contributed by atoms with Crippen molar-refractivity contribution in [2.75, 3.05) is 5.32 Å². The van der Waals surface area contributed by atoms with Gasteiger partial charge in [0.15, 0.2) is 5.13 Å². The normalized spacial score (nSPS) is 10.2. The Morgan fingerprint density at radius 1 is 1.35 bits per heavy atom. The molecule has 23 heavy (non-hydrogen) atoms. The number of rotatable bonds is 4. The molecule has 120 valence electrons. The summed E-state index contributed by atoms with van der Waals surface area (Å²) in [6.45, 7) is 1.93. The number of hydrogen-bond acceptors (Lipinski definition) is 5. The van der Waals surface area contributed by atoms with Crippen molar-refractivity contribution in [3.8, 4) is 11.3 Å². The van der Waals surface area contributed by atoms with Gasteiger partial charge >= 0.3 is 0 Å². The molecule has 0 fully saturated rings. The van der Waals surface area contributed by atoms with Gasteiger partial charge in [0.05, 0.1) is 16.3 Å². The number of benzene rings is 1. The van der Waals surface area contributed by atoms with Crippen molar-refractivity contribution in [2.45, 2.75) is 6.92 Å². The number of thiol groups is 1. The van der Waals surface area contributed by atoms with Crippen molar-refractivity contribution >= 4 is 68.2 Å². The molecule has 0 bridgehead atoms. The number of nitrogens with one attached hydrogen (secondary N) is 1. The number of carbonyl (C=O) groups is 1. The summed E-state index contributed by atoms with van der Waals surface area (Å²) in [6.07, 6.45) is 0. The summed E-state index contributed by atoms with van der Waals surface area (Å²) in [5.41, 5.74) is 2.05. The molecule has 0 saturated heterocycles. The van der Waals surface area contributed by atoms with Gasteiger partial charge in [-0.15, -0.1) is 39.7 Å². The molecule has 0 radical (unpaired) electrons. The van der Waals surface area contributed by atoms with Crippen molar-refractivity contribution in [1.82, 2.24) is 4.98 Å². The van der Waals surface area contributed by atoms with E-state index in [1.54, 1.807) is 24.3 Å². The lowest BCUT2D eigenvalue weighted by molar-refractivity contribution is 0.109. The molecule has 1 N–H and O–H groups in total. The van der Waals surface area contributed by atoms with E-state index in [-0.39, 0.29) is 27.9 Å². The fraction of sp³-hybridized carbons (Fsp3) is 0.0667. The third kappa shape index (κ3) is 4.00. The molecule has 8 heteroatoms. The maximum Gasteiger partial charge on any atom is 0.226 e. The average Bonchev–Trinajstić information content (AvgIpc) is 3.08. The Labute approximate surface area is 156 Å². The highest BCUT2D eigenvalue weighted by Gasteiger charge is 2.14. The van der Waals surface area contributed by atoms with Crippen molar-refractivity contribution in [3.63, 3.8) is 0 Å². The maximum absolute atomic E-state index is 13.6. The molecule has 0 aliphatic carbocycles. The third-order valence-electron chi connectivity index (χ3n) is 3.02. The topological polar surface area (TPSA) is 42.0 Å². The summed E-state index contributed by atoms with van der Waals surface area (Å²) in [4.78, 5) is 17.4. The molecule has 0 amide bonds. The van der Waals surface area contributed by atoms with Crippen LogP contribution in [0.1, 0.15) is 14.5 Å². The number of thiophene rings is 1. The van der Waals surface area contributed by atoms with Gasteiger partial charge in [0.25, 0.3) is 0 Å². The fourth-order valence-electron chi connectivity index (χ4n) is 1.97. The van der Waals surface area contributed by atoms with Crippen LogP contribution in [0.5, 0.6) is 0 Å². The van der Waals surface area contributed by atoms with E-state index in [4.69, 9.17) is 0 Å². The molecule has 2 aromatic heterocycles. The highest BCUT2D eigenvalue weighted by atomic mass is 79.9. The number of aryl methyl sites for hydroxylation is 1. The van der Waals surface area contributed by atoms with Crippen LogP contribution in [0.2, 0.25) is 0 Å². The molecule has 0 saturated carbocycles. The lowest BCUT2D eigenvalue weighted by Crippen LogP contribution is -1.92. The Kier molecular flexibility index (Phi) is 5.96. The van der Waals surface area contributed by atoms with E-state index in [9.17, 15) is 9.18 Å². The van der Waals surface area contributed by atoms with Gasteiger partial charge in [0.2, 0.25) is 5.12 Å². The average molecular weight is 431 g/mol. The van der Waals surface area contributed by atoms with Crippen molar-refractivity contribution in [3.05, 3.63) is 51.3 Å². The van der Waals surface area contributed by atoms with E-state index in [2.05, 4.69) is 22.9 Å². The van der Waals surface area contributed by atoms with Gasteiger partial charge in [0.1, 0.15) is 5.82 Å². The molecule has 1 aromatic carbocycles. The van der Waals surface area contributed by atoms with Crippen LogP contribution in [0.3, 0.4) is 0 Å². The highest BCUT2D eigenvalue weighted by Crippen LogP contribution is 2.34. The molecule has 0 spiro atoms. The van der Waals surface area contributed by atoms with Gasteiger partial charge in [-0.1, -0.05) is 24.8 Å². The smallest absolute Gasteiger partial charge is 0.226 e. The first kappa shape index (κ1) is 18.1. The summed E-state index contributed by atoms with van der Waals surface area (Å²) in [5, 5.41) is 5.20. The van der Waals surface area contributed by atoms with Crippen LogP contribution >= 0.6 is 52.3 Å². The zero-order valence-electron chi connectivity index (χ0n) is 11.9. The molecule has 2 heterocycles. The number of carbonyl (C=O) groups excluding carboxylic acids is 1. The summed E-state index contributed by atoms with van der Waals surface area (Å²) >= 11 is 6.62. The van der Waals surface area contributed by atoms with Crippen LogP contribution in [-0.4, -0.2) is 10.1 Å². The van der Waals surface area contributed by atoms with Crippen LogP contribution in [-0.2, 0) is 0 Å². The number of thiazole rings is 1. The van der Waals surface area contributed by atoms with Crippen LogP contribution in [0.25, 0.3) is 11.3 Å². The van der Waals surface area contributed by atoms with E-state index in [0.717, 1.165) is 16.1 Å². The van der Waals surface area contributed by atoms with E-state index in [1.807, 2.05) is 12.3 Å². The fourth-order valence-corrected chi connectivity index (χ4v) is 3.77. The first-order valence-corrected chi connectivity index (χ1v) is 8.50. The third-order valence-corrected chi connectivity index (χ3v) is 5.22.